The number of rotatable bonds is 5. The Bertz CT molecular complexity index is 608. The van der Waals surface area contributed by atoms with Crippen molar-refractivity contribution in [3.63, 3.8) is 0 Å². The van der Waals surface area contributed by atoms with Gasteiger partial charge in [0.05, 0.1) is 17.8 Å². The number of benzene rings is 1. The quantitative estimate of drug-likeness (QED) is 0.851. The third-order valence-corrected chi connectivity index (χ3v) is 4.70. The maximum absolute atomic E-state index is 11.8. The van der Waals surface area contributed by atoms with Gasteiger partial charge in [0.25, 0.3) is 10.0 Å². The molecule has 0 fully saturated rings. The van der Waals surface area contributed by atoms with E-state index in [-0.39, 0.29) is 10.8 Å². The Morgan fingerprint density at radius 1 is 1.33 bits per heavy atom. The Balaban J connectivity index is 1.94. The highest BCUT2D eigenvalue weighted by Crippen LogP contribution is 2.17. The van der Waals surface area contributed by atoms with Crippen LogP contribution in [0.25, 0.3) is 0 Å². The number of aryl methyl sites for hydroxylation is 1. The highest BCUT2D eigenvalue weighted by atomic mass is 32.2. The number of hydrogen-bond donors (Lipinski definition) is 1. The zero-order valence-corrected chi connectivity index (χ0v) is 11.3. The van der Waals surface area contributed by atoms with E-state index in [4.69, 9.17) is 4.84 Å². The Hall–Kier alpha value is -1.28. The van der Waals surface area contributed by atoms with Gasteiger partial charge in [-0.15, -0.1) is 11.3 Å². The molecule has 5 nitrogen and oxygen atoms in total. The van der Waals surface area contributed by atoms with Crippen LogP contribution in [0.4, 0.5) is 0 Å². The van der Waals surface area contributed by atoms with Crippen LogP contribution in [-0.4, -0.2) is 13.4 Å². The van der Waals surface area contributed by atoms with E-state index in [1.807, 2.05) is 30.3 Å². The molecule has 96 valence electrons. The number of aromatic nitrogens is 1. The van der Waals surface area contributed by atoms with E-state index in [9.17, 15) is 8.42 Å². The summed E-state index contributed by atoms with van der Waals surface area (Å²) < 4.78 is 23.7. The van der Waals surface area contributed by atoms with Crippen LogP contribution in [0.1, 0.15) is 10.6 Å². The first-order chi connectivity index (χ1) is 8.58. The number of nitrogens with one attached hydrogen (secondary N) is 1. The van der Waals surface area contributed by atoms with E-state index < -0.39 is 10.0 Å². The molecule has 1 aromatic carbocycles. The van der Waals surface area contributed by atoms with Gasteiger partial charge in [0.1, 0.15) is 0 Å². The minimum atomic E-state index is -3.63. The average molecular weight is 284 g/mol. The maximum atomic E-state index is 11.8. The van der Waals surface area contributed by atoms with E-state index in [1.54, 1.807) is 6.92 Å². The molecule has 0 unspecified atom stereocenters. The van der Waals surface area contributed by atoms with Crippen LogP contribution < -0.4 is 4.89 Å². The Kier molecular flexibility index (Phi) is 4.07. The monoisotopic (exact) mass is 284 g/mol. The lowest BCUT2D eigenvalue weighted by molar-refractivity contribution is 0.0796. The lowest BCUT2D eigenvalue weighted by atomic mass is 10.2. The highest BCUT2D eigenvalue weighted by molar-refractivity contribution is 7.91. The second kappa shape index (κ2) is 5.57. The lowest BCUT2D eigenvalue weighted by Crippen LogP contribution is -2.23. The van der Waals surface area contributed by atoms with Crippen molar-refractivity contribution in [1.29, 1.82) is 0 Å². The normalized spacial score (nSPS) is 11.6. The fourth-order valence-corrected chi connectivity index (χ4v) is 3.16. The highest BCUT2D eigenvalue weighted by Gasteiger charge is 2.17. The van der Waals surface area contributed by atoms with Gasteiger partial charge in [0.2, 0.25) is 0 Å². The molecule has 1 aromatic heterocycles. The van der Waals surface area contributed by atoms with Crippen molar-refractivity contribution in [1.82, 2.24) is 9.87 Å². The molecule has 0 radical (unpaired) electrons. The molecule has 0 saturated heterocycles. The molecular formula is C11H12N2O3S2. The molecule has 1 N–H and O–H groups in total. The first-order valence-electron chi connectivity index (χ1n) is 5.18. The van der Waals surface area contributed by atoms with Crippen LogP contribution in [0.3, 0.4) is 0 Å². The van der Waals surface area contributed by atoms with Gasteiger partial charge in [-0.3, -0.25) is 4.84 Å². The molecule has 18 heavy (non-hydrogen) atoms. The van der Waals surface area contributed by atoms with Gasteiger partial charge in [-0.2, -0.15) is 0 Å². The van der Waals surface area contributed by atoms with Gasteiger partial charge in [-0.05, 0) is 12.5 Å². The standard InChI is InChI=1S/C11H12N2O3S2/c1-9-12-7-11(17-9)18(14,15)13-16-8-10-5-3-2-4-6-10/h2-7,13H,8H2,1H3. The van der Waals surface area contributed by atoms with E-state index in [0.29, 0.717) is 5.01 Å². The summed E-state index contributed by atoms with van der Waals surface area (Å²) in [5.41, 5.74) is 0.890. The third-order valence-electron chi connectivity index (χ3n) is 2.12. The van der Waals surface area contributed by atoms with Crippen molar-refractivity contribution in [3.8, 4) is 0 Å². The predicted octanol–water partition coefficient (Wildman–Crippen LogP) is 1.86. The molecular weight excluding hydrogens is 272 g/mol. The zero-order valence-electron chi connectivity index (χ0n) is 9.66. The minimum absolute atomic E-state index is 0.146. The molecule has 0 spiro atoms. The van der Waals surface area contributed by atoms with Crippen LogP contribution in [0.5, 0.6) is 0 Å². The van der Waals surface area contributed by atoms with Gasteiger partial charge < -0.3 is 0 Å². The summed E-state index contributed by atoms with van der Waals surface area (Å²) in [5.74, 6) is 0. The predicted molar refractivity (Wildman–Crippen MR) is 68.4 cm³/mol. The molecule has 0 aliphatic carbocycles. The lowest BCUT2D eigenvalue weighted by Gasteiger charge is -2.05. The van der Waals surface area contributed by atoms with Crippen molar-refractivity contribution in [3.05, 3.63) is 47.1 Å². The van der Waals surface area contributed by atoms with E-state index >= 15 is 0 Å². The van der Waals surface area contributed by atoms with Gasteiger partial charge in [0, 0.05) is 0 Å². The van der Waals surface area contributed by atoms with Gasteiger partial charge in [-0.25, -0.2) is 13.4 Å². The molecule has 0 amide bonds. The van der Waals surface area contributed by atoms with Crippen LogP contribution >= 0.6 is 11.3 Å². The fraction of sp³-hybridized carbons (Fsp3) is 0.182. The van der Waals surface area contributed by atoms with Gasteiger partial charge in [0.15, 0.2) is 4.21 Å². The Morgan fingerprint density at radius 2 is 2.06 bits per heavy atom. The van der Waals surface area contributed by atoms with Crippen molar-refractivity contribution in [2.24, 2.45) is 0 Å². The van der Waals surface area contributed by atoms with Crippen LogP contribution in [0, 0.1) is 6.92 Å². The number of sulfonamides is 1. The Labute approximate surface area is 109 Å². The van der Waals surface area contributed by atoms with Crippen molar-refractivity contribution >= 4 is 21.4 Å². The molecule has 1 heterocycles. The molecule has 0 aliphatic heterocycles. The van der Waals surface area contributed by atoms with E-state index in [0.717, 1.165) is 16.9 Å². The van der Waals surface area contributed by atoms with Gasteiger partial charge >= 0.3 is 0 Å². The maximum Gasteiger partial charge on any atom is 0.273 e. The molecule has 2 rings (SSSR count). The van der Waals surface area contributed by atoms with Crippen LogP contribution in [-0.2, 0) is 21.5 Å². The first kappa shape index (κ1) is 13.2. The van der Waals surface area contributed by atoms with Crippen molar-refractivity contribution in [2.45, 2.75) is 17.7 Å². The fourth-order valence-electron chi connectivity index (χ4n) is 1.27. The molecule has 7 heteroatoms. The van der Waals surface area contributed by atoms with Crippen LogP contribution in [0.15, 0.2) is 40.7 Å². The molecule has 0 saturated carbocycles. The third kappa shape index (κ3) is 3.36. The molecule has 2 aromatic rings. The van der Waals surface area contributed by atoms with Crippen molar-refractivity contribution < 1.29 is 13.3 Å². The summed E-state index contributed by atoms with van der Waals surface area (Å²) in [5, 5.41) is 0.693. The number of nitrogens with zero attached hydrogens (tertiary/aromatic N) is 1. The summed E-state index contributed by atoms with van der Waals surface area (Å²) in [6.07, 6.45) is 1.31. The SMILES string of the molecule is Cc1ncc(S(=O)(=O)NOCc2ccccc2)s1. The van der Waals surface area contributed by atoms with E-state index in [2.05, 4.69) is 9.87 Å². The average Bonchev–Trinajstić information content (AvgIpc) is 2.78. The molecule has 0 atom stereocenters. The van der Waals surface area contributed by atoms with Gasteiger partial charge in [-0.1, -0.05) is 35.2 Å². The smallest absolute Gasteiger partial charge is 0.273 e. The number of hydrogen-bond acceptors (Lipinski definition) is 5. The second-order valence-electron chi connectivity index (χ2n) is 3.56. The first-order valence-corrected chi connectivity index (χ1v) is 7.48. The number of thiazole rings is 1. The largest absolute Gasteiger partial charge is 0.282 e. The summed E-state index contributed by atoms with van der Waals surface area (Å²) in [6.45, 7) is 1.92. The minimum Gasteiger partial charge on any atom is -0.282 e. The topological polar surface area (TPSA) is 68.3 Å². The summed E-state index contributed by atoms with van der Waals surface area (Å²) in [6, 6.07) is 9.31. The second-order valence-corrected chi connectivity index (χ2v) is 6.67. The van der Waals surface area contributed by atoms with Crippen LogP contribution in [0.2, 0.25) is 0 Å². The molecule has 0 bridgehead atoms. The van der Waals surface area contributed by atoms with E-state index in [1.165, 1.54) is 6.20 Å². The summed E-state index contributed by atoms with van der Waals surface area (Å²) in [4.78, 5) is 11.0. The zero-order chi connectivity index (χ0) is 13.0. The Morgan fingerprint density at radius 3 is 2.67 bits per heavy atom. The summed E-state index contributed by atoms with van der Waals surface area (Å²) in [7, 11) is -3.63. The van der Waals surface area contributed by atoms with Crippen molar-refractivity contribution in [2.75, 3.05) is 0 Å². The molecule has 0 aliphatic rings. The summed E-state index contributed by atoms with van der Waals surface area (Å²) >= 11 is 1.10.